The second-order valence-corrected chi connectivity index (χ2v) is 4.32. The smallest absolute Gasteiger partial charge is 0.315 e. The summed E-state index contributed by atoms with van der Waals surface area (Å²) in [7, 11) is 0. The van der Waals surface area contributed by atoms with Gasteiger partial charge in [0.25, 0.3) is 0 Å². The molecule has 0 heterocycles. The number of ether oxygens (including phenoxy) is 1. The van der Waals surface area contributed by atoms with E-state index < -0.39 is 5.41 Å². The molecule has 1 aromatic carbocycles. The molecule has 0 fully saturated rings. The molecule has 0 aromatic heterocycles. The summed E-state index contributed by atoms with van der Waals surface area (Å²) in [4.78, 5) is 11.8. The Labute approximate surface area is 102 Å². The highest BCUT2D eigenvalue weighted by Gasteiger charge is 2.30. The highest BCUT2D eigenvalue weighted by Crippen LogP contribution is 2.24. The maximum absolute atomic E-state index is 11.8. The van der Waals surface area contributed by atoms with Gasteiger partial charge in [0.05, 0.1) is 12.0 Å². The lowest BCUT2D eigenvalue weighted by Crippen LogP contribution is -2.31. The summed E-state index contributed by atoms with van der Waals surface area (Å²) in [6.07, 6.45) is 0. The van der Waals surface area contributed by atoms with Gasteiger partial charge in [0.1, 0.15) is 0 Å². The lowest BCUT2D eigenvalue weighted by atomic mass is 9.84. The van der Waals surface area contributed by atoms with Gasteiger partial charge < -0.3 is 4.74 Å². The molecule has 0 N–H and O–H groups in total. The largest absolute Gasteiger partial charge is 0.465 e. The predicted molar refractivity (Wildman–Crippen MR) is 68.9 cm³/mol. The van der Waals surface area contributed by atoms with E-state index in [4.69, 9.17) is 17.0 Å². The van der Waals surface area contributed by atoms with Gasteiger partial charge in [0, 0.05) is 5.37 Å². The highest BCUT2D eigenvalue weighted by atomic mass is 32.1. The second-order valence-electron chi connectivity index (χ2n) is 4.09. The lowest BCUT2D eigenvalue weighted by molar-refractivity contribution is -0.148. The van der Waals surface area contributed by atoms with E-state index in [1.54, 1.807) is 5.37 Å². The van der Waals surface area contributed by atoms with Crippen LogP contribution < -0.4 is 0 Å². The fraction of sp³-hybridized carbons (Fsp3) is 0.385. The van der Waals surface area contributed by atoms with Crippen LogP contribution in [-0.4, -0.2) is 17.9 Å². The molecule has 0 saturated carbocycles. The molecule has 0 aliphatic rings. The topological polar surface area (TPSA) is 26.3 Å². The molecule has 86 valence electrons. The van der Waals surface area contributed by atoms with Gasteiger partial charge in [-0.3, -0.25) is 4.79 Å². The Morgan fingerprint density at radius 1 is 1.38 bits per heavy atom. The van der Waals surface area contributed by atoms with Gasteiger partial charge in [-0.15, -0.1) is 0 Å². The predicted octanol–water partition coefficient (Wildman–Crippen LogP) is 2.88. The van der Waals surface area contributed by atoms with Crippen molar-refractivity contribution in [1.82, 2.24) is 0 Å². The first-order chi connectivity index (χ1) is 7.52. The monoisotopic (exact) mass is 236 g/mol. The number of carbonyl (C=O) groups is 1. The van der Waals surface area contributed by atoms with Crippen molar-refractivity contribution in [3.05, 3.63) is 35.4 Å². The van der Waals surface area contributed by atoms with Crippen molar-refractivity contribution < 1.29 is 9.53 Å². The van der Waals surface area contributed by atoms with E-state index in [0.29, 0.717) is 6.61 Å². The van der Waals surface area contributed by atoms with Crippen LogP contribution in [0.1, 0.15) is 31.9 Å². The van der Waals surface area contributed by atoms with Crippen LogP contribution in [0.3, 0.4) is 0 Å². The first-order valence-corrected chi connectivity index (χ1v) is 5.72. The number of thiocarbonyl (C=S) groups is 1. The summed E-state index contributed by atoms with van der Waals surface area (Å²) in [5.74, 6) is -0.204. The van der Waals surface area contributed by atoms with Crippen LogP contribution in [0.4, 0.5) is 0 Å². The van der Waals surface area contributed by atoms with Crippen LogP contribution in [0, 0.1) is 0 Å². The first kappa shape index (κ1) is 12.8. The van der Waals surface area contributed by atoms with E-state index in [2.05, 4.69) is 0 Å². The number of esters is 1. The minimum atomic E-state index is -0.615. The molecule has 1 rings (SSSR count). The van der Waals surface area contributed by atoms with Gasteiger partial charge in [-0.05, 0) is 31.9 Å². The zero-order chi connectivity index (χ0) is 12.2. The lowest BCUT2D eigenvalue weighted by Gasteiger charge is -2.22. The highest BCUT2D eigenvalue weighted by molar-refractivity contribution is 7.79. The van der Waals surface area contributed by atoms with E-state index in [1.807, 2.05) is 45.0 Å². The van der Waals surface area contributed by atoms with Gasteiger partial charge in [0.15, 0.2) is 0 Å². The molecule has 0 radical (unpaired) electrons. The van der Waals surface area contributed by atoms with Crippen LogP contribution in [0.15, 0.2) is 24.3 Å². The van der Waals surface area contributed by atoms with Crippen molar-refractivity contribution in [3.8, 4) is 0 Å². The van der Waals surface area contributed by atoms with E-state index >= 15 is 0 Å². The average molecular weight is 236 g/mol. The van der Waals surface area contributed by atoms with E-state index in [-0.39, 0.29) is 5.97 Å². The zero-order valence-corrected chi connectivity index (χ0v) is 10.6. The third-order valence-corrected chi connectivity index (χ3v) is 2.83. The minimum absolute atomic E-state index is 0.204. The normalized spacial score (nSPS) is 10.9. The van der Waals surface area contributed by atoms with Crippen molar-refractivity contribution in [3.63, 3.8) is 0 Å². The number of carbonyl (C=O) groups excluding carboxylic acids is 1. The van der Waals surface area contributed by atoms with Crippen molar-refractivity contribution in [2.45, 2.75) is 26.2 Å². The standard InChI is InChI=1S/C13H16O2S/c1-4-15-12(14)13(2,3)11-7-5-10(9-16)6-8-11/h5-9H,4H2,1-3H3. The second kappa shape index (κ2) is 5.21. The Bertz CT molecular complexity index is 379. The van der Waals surface area contributed by atoms with Gasteiger partial charge >= 0.3 is 5.97 Å². The summed E-state index contributed by atoms with van der Waals surface area (Å²) >= 11 is 4.83. The SMILES string of the molecule is CCOC(=O)C(C)(C)c1ccc(C=S)cc1. The van der Waals surface area contributed by atoms with Crippen molar-refractivity contribution in [1.29, 1.82) is 0 Å². The summed E-state index contributed by atoms with van der Waals surface area (Å²) in [5.41, 5.74) is 1.29. The Morgan fingerprint density at radius 3 is 2.38 bits per heavy atom. The van der Waals surface area contributed by atoms with Crippen LogP contribution in [0.25, 0.3) is 0 Å². The summed E-state index contributed by atoms with van der Waals surface area (Å²) in [6, 6.07) is 7.64. The third kappa shape index (κ3) is 2.67. The molecule has 16 heavy (non-hydrogen) atoms. The van der Waals surface area contributed by atoms with E-state index in [0.717, 1.165) is 11.1 Å². The van der Waals surface area contributed by atoms with Crippen LogP contribution in [0.5, 0.6) is 0 Å². The van der Waals surface area contributed by atoms with Gasteiger partial charge in [-0.1, -0.05) is 36.5 Å². The Hall–Kier alpha value is -1.22. The van der Waals surface area contributed by atoms with Crippen molar-refractivity contribution >= 4 is 23.6 Å². The molecule has 0 bridgehead atoms. The van der Waals surface area contributed by atoms with Crippen LogP contribution in [-0.2, 0) is 14.9 Å². The molecule has 0 amide bonds. The van der Waals surface area contributed by atoms with Gasteiger partial charge in [-0.25, -0.2) is 0 Å². The Balaban J connectivity index is 2.97. The maximum atomic E-state index is 11.8. The summed E-state index contributed by atoms with van der Waals surface area (Å²) < 4.78 is 5.05. The van der Waals surface area contributed by atoms with E-state index in [1.165, 1.54) is 0 Å². The van der Waals surface area contributed by atoms with Gasteiger partial charge in [0.2, 0.25) is 0 Å². The summed E-state index contributed by atoms with van der Waals surface area (Å²) in [6.45, 7) is 5.93. The molecule has 0 aliphatic heterocycles. The number of rotatable bonds is 4. The van der Waals surface area contributed by atoms with Crippen LogP contribution >= 0.6 is 12.2 Å². The quantitative estimate of drug-likeness (QED) is 0.594. The molecule has 2 nitrogen and oxygen atoms in total. The molecule has 0 aliphatic carbocycles. The summed E-state index contributed by atoms with van der Waals surface area (Å²) in [5, 5.41) is 1.61. The fourth-order valence-corrected chi connectivity index (χ4v) is 1.56. The first-order valence-electron chi connectivity index (χ1n) is 5.25. The van der Waals surface area contributed by atoms with Crippen molar-refractivity contribution in [2.24, 2.45) is 0 Å². The van der Waals surface area contributed by atoms with Gasteiger partial charge in [-0.2, -0.15) is 0 Å². The maximum Gasteiger partial charge on any atom is 0.315 e. The Morgan fingerprint density at radius 2 is 1.94 bits per heavy atom. The molecule has 1 aromatic rings. The minimum Gasteiger partial charge on any atom is -0.465 e. The number of hydrogen-bond donors (Lipinski definition) is 0. The number of hydrogen-bond acceptors (Lipinski definition) is 3. The molecular formula is C13H16O2S. The molecule has 0 spiro atoms. The fourth-order valence-electron chi connectivity index (χ4n) is 1.41. The molecule has 3 heteroatoms. The molecule has 0 saturated heterocycles. The average Bonchev–Trinajstić information content (AvgIpc) is 2.29. The molecule has 0 unspecified atom stereocenters. The molecule has 0 atom stereocenters. The Kier molecular flexibility index (Phi) is 4.19. The molecular weight excluding hydrogens is 220 g/mol. The van der Waals surface area contributed by atoms with Crippen molar-refractivity contribution in [2.75, 3.05) is 6.61 Å². The van der Waals surface area contributed by atoms with E-state index in [9.17, 15) is 4.79 Å². The zero-order valence-electron chi connectivity index (χ0n) is 9.82. The van der Waals surface area contributed by atoms with Crippen LogP contribution in [0.2, 0.25) is 0 Å². The number of benzene rings is 1. The third-order valence-electron chi connectivity index (χ3n) is 2.55.